The molecule has 5 heterocycles. The van der Waals surface area contributed by atoms with Gasteiger partial charge in [0.25, 0.3) is 0 Å². The zero-order valence-electron chi connectivity index (χ0n) is 17.6. The zero-order valence-corrected chi connectivity index (χ0v) is 18.4. The molecule has 4 aromatic rings. The number of nitrogens with one attached hydrogen (secondary N) is 1. The van der Waals surface area contributed by atoms with E-state index in [0.29, 0.717) is 6.54 Å². The Morgan fingerprint density at radius 2 is 2.00 bits per heavy atom. The van der Waals surface area contributed by atoms with Gasteiger partial charge >= 0.3 is 0 Å². The van der Waals surface area contributed by atoms with Crippen molar-refractivity contribution >= 4 is 28.7 Å². The number of aryl methyl sites for hydroxylation is 1. The molecular weight excluding hydrogens is 424 g/mol. The molecule has 0 saturated carbocycles. The number of rotatable bonds is 7. The Labute approximate surface area is 189 Å². The molecule has 10 heteroatoms. The van der Waals surface area contributed by atoms with E-state index in [2.05, 4.69) is 35.9 Å². The Balaban J connectivity index is 1.05. The van der Waals surface area contributed by atoms with Gasteiger partial charge in [-0.1, -0.05) is 0 Å². The number of aromatic nitrogens is 6. The van der Waals surface area contributed by atoms with Gasteiger partial charge in [-0.3, -0.25) is 9.78 Å². The minimum absolute atomic E-state index is 0.0584. The topological polar surface area (TPSA) is 101 Å². The van der Waals surface area contributed by atoms with Gasteiger partial charge in [-0.25, -0.2) is 4.98 Å². The number of hydrogen-bond donors (Lipinski definition) is 1. The maximum absolute atomic E-state index is 12.6. The second-order valence-corrected chi connectivity index (χ2v) is 8.79. The van der Waals surface area contributed by atoms with Crippen molar-refractivity contribution in [2.24, 2.45) is 5.92 Å². The molecular formula is C22H24N8OS. The monoisotopic (exact) mass is 448 g/mol. The number of pyridine rings is 1. The summed E-state index contributed by atoms with van der Waals surface area (Å²) in [6.07, 6.45) is 8.57. The maximum atomic E-state index is 12.6. The van der Waals surface area contributed by atoms with Crippen molar-refractivity contribution in [3.8, 4) is 11.3 Å². The number of piperidine rings is 1. The number of anilines is 1. The summed E-state index contributed by atoms with van der Waals surface area (Å²) in [6, 6.07) is 7.81. The van der Waals surface area contributed by atoms with Gasteiger partial charge in [0.1, 0.15) is 12.1 Å². The highest BCUT2D eigenvalue weighted by molar-refractivity contribution is 7.09. The van der Waals surface area contributed by atoms with Crippen LogP contribution in [0.5, 0.6) is 0 Å². The minimum atomic E-state index is 0.0584. The fourth-order valence-electron chi connectivity index (χ4n) is 3.93. The van der Waals surface area contributed by atoms with Crippen molar-refractivity contribution < 1.29 is 4.79 Å². The highest BCUT2D eigenvalue weighted by Crippen LogP contribution is 2.23. The molecule has 1 fully saturated rings. The molecule has 164 valence electrons. The first-order valence-electron chi connectivity index (χ1n) is 10.8. The van der Waals surface area contributed by atoms with Gasteiger partial charge < -0.3 is 10.2 Å². The molecule has 0 spiro atoms. The van der Waals surface area contributed by atoms with Crippen LogP contribution in [0, 0.1) is 5.92 Å². The van der Waals surface area contributed by atoms with Crippen molar-refractivity contribution in [1.82, 2.24) is 35.1 Å². The van der Waals surface area contributed by atoms with Crippen LogP contribution in [-0.4, -0.2) is 55.3 Å². The Morgan fingerprint density at radius 1 is 1.16 bits per heavy atom. The van der Waals surface area contributed by atoms with Crippen molar-refractivity contribution in [3.63, 3.8) is 0 Å². The number of hydrogen-bond acceptors (Lipinski definition) is 8. The van der Waals surface area contributed by atoms with E-state index in [1.807, 2.05) is 24.3 Å². The van der Waals surface area contributed by atoms with E-state index >= 15 is 0 Å². The Kier molecular flexibility index (Phi) is 6.02. The summed E-state index contributed by atoms with van der Waals surface area (Å²) in [7, 11) is 0. The van der Waals surface area contributed by atoms with Gasteiger partial charge in [0.15, 0.2) is 5.65 Å². The summed E-state index contributed by atoms with van der Waals surface area (Å²) >= 11 is 1.67. The summed E-state index contributed by atoms with van der Waals surface area (Å²) in [5.74, 6) is 1.11. The molecule has 32 heavy (non-hydrogen) atoms. The third-order valence-corrected chi connectivity index (χ3v) is 6.64. The second-order valence-electron chi connectivity index (χ2n) is 7.84. The van der Waals surface area contributed by atoms with Crippen molar-refractivity contribution in [1.29, 1.82) is 0 Å². The standard InChI is InChI=1S/C22H24N8OS/c31-22(24-9-1-2-21-26-18(14-32-21)16-5-10-23-11-6-16)17-7-12-29(13-8-17)20-4-3-19-27-25-15-30(19)28-20/h3-6,10-11,14-15,17H,1-2,7-9,12-13H2,(H,24,31). The number of thiazole rings is 1. The average Bonchev–Trinajstić information content (AvgIpc) is 3.51. The van der Waals surface area contributed by atoms with E-state index in [9.17, 15) is 4.79 Å². The molecule has 1 amide bonds. The van der Waals surface area contributed by atoms with Gasteiger partial charge in [-0.05, 0) is 43.5 Å². The quantitative estimate of drug-likeness (QED) is 0.434. The summed E-state index contributed by atoms with van der Waals surface area (Å²) in [6.45, 7) is 2.31. The highest BCUT2D eigenvalue weighted by Gasteiger charge is 2.25. The molecule has 0 radical (unpaired) electrons. The molecule has 1 saturated heterocycles. The van der Waals surface area contributed by atoms with Crippen molar-refractivity contribution in [2.45, 2.75) is 25.7 Å². The van der Waals surface area contributed by atoms with E-state index in [1.54, 1.807) is 34.6 Å². The van der Waals surface area contributed by atoms with Crippen LogP contribution < -0.4 is 10.2 Å². The second kappa shape index (κ2) is 9.39. The molecule has 0 unspecified atom stereocenters. The van der Waals surface area contributed by atoms with Crippen LogP contribution in [0.3, 0.4) is 0 Å². The molecule has 1 aliphatic heterocycles. The lowest BCUT2D eigenvalue weighted by Gasteiger charge is -2.32. The number of carbonyl (C=O) groups excluding carboxylic acids is 1. The van der Waals surface area contributed by atoms with Gasteiger partial charge in [0.05, 0.1) is 10.7 Å². The normalized spacial score (nSPS) is 14.7. The highest BCUT2D eigenvalue weighted by atomic mass is 32.1. The van der Waals surface area contributed by atoms with Gasteiger partial charge in [0.2, 0.25) is 5.91 Å². The Hall–Kier alpha value is -3.40. The predicted molar refractivity (Wildman–Crippen MR) is 122 cm³/mol. The van der Waals surface area contributed by atoms with Crippen LogP contribution in [0.15, 0.2) is 48.4 Å². The predicted octanol–water partition coefficient (Wildman–Crippen LogP) is 2.61. The lowest BCUT2D eigenvalue weighted by molar-refractivity contribution is -0.125. The van der Waals surface area contributed by atoms with E-state index in [4.69, 9.17) is 4.98 Å². The number of fused-ring (bicyclic) bond motifs is 1. The first kappa shape index (κ1) is 20.5. The Bertz CT molecular complexity index is 1180. The fraction of sp³-hybridized carbons (Fsp3) is 0.364. The SMILES string of the molecule is O=C(NCCCc1nc(-c2ccncc2)cs1)C1CCN(c2ccc3nncn3n2)CC1. The molecule has 9 nitrogen and oxygen atoms in total. The smallest absolute Gasteiger partial charge is 0.223 e. The summed E-state index contributed by atoms with van der Waals surface area (Å²) < 4.78 is 1.68. The first-order valence-corrected chi connectivity index (χ1v) is 11.7. The molecule has 4 aromatic heterocycles. The summed E-state index contributed by atoms with van der Waals surface area (Å²) in [4.78, 5) is 23.6. The number of nitrogens with zero attached hydrogens (tertiary/aromatic N) is 7. The van der Waals surface area contributed by atoms with E-state index in [-0.39, 0.29) is 11.8 Å². The van der Waals surface area contributed by atoms with Gasteiger partial charge in [0, 0.05) is 55.3 Å². The summed E-state index contributed by atoms with van der Waals surface area (Å²) in [5.41, 5.74) is 2.80. The molecule has 5 rings (SSSR count). The average molecular weight is 449 g/mol. The molecule has 0 aromatic carbocycles. The van der Waals surface area contributed by atoms with Crippen molar-refractivity contribution in [2.75, 3.05) is 24.5 Å². The van der Waals surface area contributed by atoms with E-state index in [1.165, 1.54) is 0 Å². The molecule has 0 atom stereocenters. The lowest BCUT2D eigenvalue weighted by Crippen LogP contribution is -2.41. The number of amides is 1. The van der Waals surface area contributed by atoms with Gasteiger partial charge in [-0.15, -0.1) is 26.6 Å². The zero-order chi connectivity index (χ0) is 21.8. The first-order chi connectivity index (χ1) is 15.8. The van der Waals surface area contributed by atoms with Crippen LogP contribution in [0.1, 0.15) is 24.3 Å². The minimum Gasteiger partial charge on any atom is -0.356 e. The third kappa shape index (κ3) is 4.59. The lowest BCUT2D eigenvalue weighted by atomic mass is 9.96. The maximum Gasteiger partial charge on any atom is 0.223 e. The Morgan fingerprint density at radius 3 is 2.84 bits per heavy atom. The molecule has 0 aliphatic carbocycles. The van der Waals surface area contributed by atoms with Crippen LogP contribution in [0.25, 0.3) is 16.9 Å². The molecule has 1 N–H and O–H groups in total. The van der Waals surface area contributed by atoms with E-state index < -0.39 is 0 Å². The molecule has 1 aliphatic rings. The van der Waals surface area contributed by atoms with Gasteiger partial charge in [-0.2, -0.15) is 4.52 Å². The summed E-state index contributed by atoms with van der Waals surface area (Å²) in [5, 5.41) is 18.7. The largest absolute Gasteiger partial charge is 0.356 e. The van der Waals surface area contributed by atoms with Crippen molar-refractivity contribution in [3.05, 3.63) is 53.4 Å². The van der Waals surface area contributed by atoms with Crippen LogP contribution in [0.4, 0.5) is 5.82 Å². The van der Waals surface area contributed by atoms with Crippen LogP contribution >= 0.6 is 11.3 Å². The van der Waals surface area contributed by atoms with E-state index in [0.717, 1.165) is 66.5 Å². The van der Waals surface area contributed by atoms with Crippen LogP contribution in [0.2, 0.25) is 0 Å². The molecule has 0 bridgehead atoms. The third-order valence-electron chi connectivity index (χ3n) is 5.73. The fourth-order valence-corrected chi connectivity index (χ4v) is 4.78. The number of carbonyl (C=O) groups is 1. The van der Waals surface area contributed by atoms with Crippen LogP contribution in [-0.2, 0) is 11.2 Å².